The molecule has 1 aliphatic carbocycles. The Morgan fingerprint density at radius 2 is 2.00 bits per heavy atom. The van der Waals surface area contributed by atoms with E-state index < -0.39 is 0 Å². The standard InChI is InChI=1S/C18H21BrN2/c1-20-17(11-14-10-16(19)13-21-12-14)18(8-5-9-18)15-6-3-2-4-7-15/h2-4,6-7,10,12-13,17,20H,5,8-9,11H2,1H3. The highest BCUT2D eigenvalue weighted by molar-refractivity contribution is 9.10. The van der Waals surface area contributed by atoms with Crippen molar-refractivity contribution in [1.29, 1.82) is 0 Å². The molecule has 3 rings (SSSR count). The van der Waals surface area contributed by atoms with Crippen LogP contribution >= 0.6 is 15.9 Å². The van der Waals surface area contributed by atoms with Crippen molar-refractivity contribution in [1.82, 2.24) is 10.3 Å². The van der Waals surface area contributed by atoms with E-state index >= 15 is 0 Å². The minimum Gasteiger partial charge on any atom is -0.316 e. The molecule has 0 amide bonds. The van der Waals surface area contributed by atoms with E-state index in [1.54, 1.807) is 0 Å². The van der Waals surface area contributed by atoms with Gasteiger partial charge in [0.25, 0.3) is 0 Å². The summed E-state index contributed by atoms with van der Waals surface area (Å²) in [6.45, 7) is 0. The molecule has 0 saturated heterocycles. The van der Waals surface area contributed by atoms with Gasteiger partial charge in [-0.1, -0.05) is 36.8 Å². The van der Waals surface area contributed by atoms with Gasteiger partial charge in [0.15, 0.2) is 0 Å². The Hall–Kier alpha value is -1.19. The average Bonchev–Trinajstić information content (AvgIpc) is 2.46. The molecule has 2 aromatic rings. The number of likely N-dealkylation sites (N-methyl/N-ethyl adjacent to an activating group) is 1. The lowest BCUT2D eigenvalue weighted by Gasteiger charge is -2.48. The first-order chi connectivity index (χ1) is 10.2. The molecule has 2 nitrogen and oxygen atoms in total. The van der Waals surface area contributed by atoms with Gasteiger partial charge in [-0.05, 0) is 59.4 Å². The SMILES string of the molecule is CNC(Cc1cncc(Br)c1)C1(c2ccccc2)CCC1. The molecule has 1 unspecified atom stereocenters. The van der Waals surface area contributed by atoms with Crippen molar-refractivity contribution in [3.8, 4) is 0 Å². The number of hydrogen-bond donors (Lipinski definition) is 1. The Kier molecular flexibility index (Phi) is 4.41. The van der Waals surface area contributed by atoms with Crippen LogP contribution in [0.2, 0.25) is 0 Å². The maximum Gasteiger partial charge on any atom is 0.0410 e. The first kappa shape index (κ1) is 14.7. The van der Waals surface area contributed by atoms with Crippen LogP contribution in [0.4, 0.5) is 0 Å². The monoisotopic (exact) mass is 344 g/mol. The van der Waals surface area contributed by atoms with Gasteiger partial charge in [0.2, 0.25) is 0 Å². The third-order valence-electron chi connectivity index (χ3n) is 4.81. The summed E-state index contributed by atoms with van der Waals surface area (Å²) in [7, 11) is 2.08. The molecule has 1 aromatic heterocycles. The van der Waals surface area contributed by atoms with Gasteiger partial charge in [0.1, 0.15) is 0 Å². The number of aromatic nitrogens is 1. The van der Waals surface area contributed by atoms with Crippen LogP contribution in [0.1, 0.15) is 30.4 Å². The van der Waals surface area contributed by atoms with Gasteiger partial charge in [0.05, 0.1) is 0 Å². The number of pyridine rings is 1. The van der Waals surface area contributed by atoms with Crippen LogP contribution in [0.3, 0.4) is 0 Å². The van der Waals surface area contributed by atoms with Gasteiger partial charge in [0, 0.05) is 28.3 Å². The van der Waals surface area contributed by atoms with Crippen molar-refractivity contribution >= 4 is 15.9 Å². The Bertz CT molecular complexity index is 593. The molecule has 110 valence electrons. The van der Waals surface area contributed by atoms with Crippen LogP contribution < -0.4 is 5.32 Å². The van der Waals surface area contributed by atoms with E-state index in [0.29, 0.717) is 6.04 Å². The Morgan fingerprint density at radius 3 is 2.57 bits per heavy atom. The lowest BCUT2D eigenvalue weighted by molar-refractivity contribution is 0.174. The fraction of sp³-hybridized carbons (Fsp3) is 0.389. The quantitative estimate of drug-likeness (QED) is 0.883. The second-order valence-corrected chi connectivity index (χ2v) is 6.85. The number of halogens is 1. The molecule has 1 atom stereocenters. The Balaban J connectivity index is 1.87. The van der Waals surface area contributed by atoms with Crippen molar-refractivity contribution in [3.05, 3.63) is 64.4 Å². The van der Waals surface area contributed by atoms with Crippen LogP contribution in [0.5, 0.6) is 0 Å². The molecule has 0 spiro atoms. The predicted molar refractivity (Wildman–Crippen MR) is 90.5 cm³/mol. The van der Waals surface area contributed by atoms with E-state index in [1.807, 2.05) is 12.4 Å². The lowest BCUT2D eigenvalue weighted by atomic mass is 9.59. The first-order valence-corrected chi connectivity index (χ1v) is 8.36. The second kappa shape index (κ2) is 6.29. The van der Waals surface area contributed by atoms with E-state index in [2.05, 4.69) is 69.7 Å². The Morgan fingerprint density at radius 1 is 1.24 bits per heavy atom. The molecular weight excluding hydrogens is 324 g/mol. The Labute approximate surface area is 135 Å². The average molecular weight is 345 g/mol. The molecule has 1 saturated carbocycles. The normalized spacial score (nSPS) is 18.0. The number of nitrogens with one attached hydrogen (secondary N) is 1. The summed E-state index contributed by atoms with van der Waals surface area (Å²) in [5, 5.41) is 3.57. The van der Waals surface area contributed by atoms with Crippen molar-refractivity contribution < 1.29 is 0 Å². The summed E-state index contributed by atoms with van der Waals surface area (Å²) >= 11 is 3.52. The van der Waals surface area contributed by atoms with Gasteiger partial charge in [-0.15, -0.1) is 0 Å². The van der Waals surface area contributed by atoms with Crippen molar-refractivity contribution in [2.45, 2.75) is 37.1 Å². The van der Waals surface area contributed by atoms with E-state index in [4.69, 9.17) is 0 Å². The zero-order valence-corrected chi connectivity index (χ0v) is 13.9. The van der Waals surface area contributed by atoms with Crippen LogP contribution in [-0.2, 0) is 11.8 Å². The summed E-state index contributed by atoms with van der Waals surface area (Å²) in [5.41, 5.74) is 3.03. The van der Waals surface area contributed by atoms with Gasteiger partial charge < -0.3 is 5.32 Å². The van der Waals surface area contributed by atoms with Crippen LogP contribution in [0, 0.1) is 0 Å². The summed E-state index contributed by atoms with van der Waals surface area (Å²) in [5.74, 6) is 0. The molecule has 1 N–H and O–H groups in total. The smallest absolute Gasteiger partial charge is 0.0410 e. The highest BCUT2D eigenvalue weighted by Gasteiger charge is 2.44. The fourth-order valence-electron chi connectivity index (χ4n) is 3.54. The molecule has 0 radical (unpaired) electrons. The molecule has 21 heavy (non-hydrogen) atoms. The van der Waals surface area contributed by atoms with Crippen LogP contribution in [0.15, 0.2) is 53.3 Å². The van der Waals surface area contributed by atoms with E-state index in [-0.39, 0.29) is 5.41 Å². The number of benzene rings is 1. The van der Waals surface area contributed by atoms with Gasteiger partial charge in [-0.3, -0.25) is 4.98 Å². The summed E-state index contributed by atoms with van der Waals surface area (Å²) in [4.78, 5) is 4.30. The second-order valence-electron chi connectivity index (χ2n) is 5.93. The molecule has 1 aromatic carbocycles. The maximum absolute atomic E-state index is 4.30. The maximum atomic E-state index is 4.30. The summed E-state index contributed by atoms with van der Waals surface area (Å²) in [6, 6.07) is 13.6. The van der Waals surface area contributed by atoms with E-state index in [0.717, 1.165) is 10.9 Å². The molecule has 1 aliphatic rings. The van der Waals surface area contributed by atoms with Crippen molar-refractivity contribution in [2.24, 2.45) is 0 Å². The minimum atomic E-state index is 0.276. The van der Waals surface area contributed by atoms with Crippen molar-refractivity contribution in [2.75, 3.05) is 7.05 Å². The molecule has 0 bridgehead atoms. The lowest BCUT2D eigenvalue weighted by Crippen LogP contribution is -2.52. The fourth-order valence-corrected chi connectivity index (χ4v) is 3.96. The topological polar surface area (TPSA) is 24.9 Å². The highest BCUT2D eigenvalue weighted by atomic mass is 79.9. The third-order valence-corrected chi connectivity index (χ3v) is 5.24. The number of hydrogen-bond acceptors (Lipinski definition) is 2. The number of nitrogens with zero attached hydrogens (tertiary/aromatic N) is 1. The number of rotatable bonds is 5. The van der Waals surface area contributed by atoms with Crippen molar-refractivity contribution in [3.63, 3.8) is 0 Å². The first-order valence-electron chi connectivity index (χ1n) is 7.57. The molecule has 1 heterocycles. The minimum absolute atomic E-state index is 0.276. The summed E-state index contributed by atoms with van der Waals surface area (Å²) < 4.78 is 1.05. The molecule has 0 aliphatic heterocycles. The van der Waals surface area contributed by atoms with Gasteiger partial charge in [-0.25, -0.2) is 0 Å². The molecular formula is C18H21BrN2. The predicted octanol–water partition coefficient (Wildman–Crippen LogP) is 4.10. The van der Waals surface area contributed by atoms with Crippen LogP contribution in [0.25, 0.3) is 0 Å². The van der Waals surface area contributed by atoms with Gasteiger partial charge >= 0.3 is 0 Å². The largest absolute Gasteiger partial charge is 0.316 e. The zero-order chi connectivity index (χ0) is 14.7. The molecule has 3 heteroatoms. The van der Waals surface area contributed by atoms with E-state index in [1.165, 1.54) is 30.4 Å². The summed E-state index contributed by atoms with van der Waals surface area (Å²) in [6.07, 6.45) is 8.69. The molecule has 1 fully saturated rings. The van der Waals surface area contributed by atoms with Gasteiger partial charge in [-0.2, -0.15) is 0 Å². The zero-order valence-electron chi connectivity index (χ0n) is 12.3. The highest BCUT2D eigenvalue weighted by Crippen LogP contribution is 2.47. The van der Waals surface area contributed by atoms with Crippen LogP contribution in [-0.4, -0.2) is 18.1 Å². The third kappa shape index (κ3) is 2.90. The van der Waals surface area contributed by atoms with E-state index in [9.17, 15) is 0 Å².